The highest BCUT2D eigenvalue weighted by molar-refractivity contribution is 5.94. The minimum absolute atomic E-state index is 0.0163. The van der Waals surface area contributed by atoms with E-state index < -0.39 is 29.5 Å². The highest BCUT2D eigenvalue weighted by Gasteiger charge is 2.21. The average molecular weight is 374 g/mol. The van der Waals surface area contributed by atoms with Crippen LogP contribution in [0.25, 0.3) is 0 Å². The molecule has 142 valence electrons. The number of ether oxygens (including phenoxy) is 2. The number of hydrogen-bond donors (Lipinski definition) is 2. The van der Waals surface area contributed by atoms with Crippen LogP contribution in [0, 0.1) is 17.0 Å². The number of hydrogen-bond acceptors (Lipinski definition) is 7. The maximum Gasteiger partial charge on any atom is 0.340 e. The molecule has 0 aromatic heterocycles. The lowest BCUT2D eigenvalue weighted by molar-refractivity contribution is -0.385. The van der Waals surface area contributed by atoms with Gasteiger partial charge in [-0.25, -0.2) is 4.79 Å². The minimum Gasteiger partial charge on any atom is -0.490 e. The van der Waals surface area contributed by atoms with Crippen molar-refractivity contribution >= 4 is 23.3 Å². The fraction of sp³-hybridized carbons (Fsp3) is 0.222. The van der Waals surface area contributed by atoms with Crippen LogP contribution in [-0.4, -0.2) is 35.6 Å². The van der Waals surface area contributed by atoms with Crippen molar-refractivity contribution in [2.24, 2.45) is 0 Å². The molecule has 2 rings (SSSR count). The van der Waals surface area contributed by atoms with Crippen molar-refractivity contribution in [2.75, 3.05) is 19.0 Å². The van der Waals surface area contributed by atoms with E-state index in [4.69, 9.17) is 9.47 Å². The lowest BCUT2D eigenvalue weighted by Crippen LogP contribution is -2.24. The van der Waals surface area contributed by atoms with Crippen molar-refractivity contribution in [1.29, 1.82) is 0 Å². The highest BCUT2D eigenvalue weighted by atomic mass is 16.6. The number of aryl methyl sites for hydroxylation is 1. The monoisotopic (exact) mass is 374 g/mol. The molecule has 0 spiro atoms. The molecule has 0 fully saturated rings. The van der Waals surface area contributed by atoms with Gasteiger partial charge in [0.2, 0.25) is 0 Å². The van der Waals surface area contributed by atoms with E-state index >= 15 is 0 Å². The molecule has 0 unspecified atom stereocenters. The van der Waals surface area contributed by atoms with E-state index in [-0.39, 0.29) is 17.1 Å². The second-order valence-electron chi connectivity index (χ2n) is 5.57. The first kappa shape index (κ1) is 19.9. The first-order valence-corrected chi connectivity index (χ1v) is 7.86. The Morgan fingerprint density at radius 1 is 1.26 bits per heavy atom. The fourth-order valence-electron chi connectivity index (χ4n) is 2.29. The van der Waals surface area contributed by atoms with Crippen LogP contribution in [0.3, 0.4) is 0 Å². The standard InChI is InChI=1S/C18H18N2O7/c1-11-8-14(20(24)25)15(26-2)9-13(11)19-16(21)10-27-18(23)17(22)12-6-4-3-5-7-12/h3-9,17,22H,10H2,1-2H3,(H,19,21)/t17-/m1/s1. The predicted octanol–water partition coefficient (Wildman–Crippen LogP) is 2.13. The fourth-order valence-corrected chi connectivity index (χ4v) is 2.29. The summed E-state index contributed by atoms with van der Waals surface area (Å²) in [5.41, 5.74) is 0.831. The van der Waals surface area contributed by atoms with Gasteiger partial charge in [-0.2, -0.15) is 0 Å². The topological polar surface area (TPSA) is 128 Å². The number of carbonyl (C=O) groups excluding carboxylic acids is 2. The number of nitrogens with zero attached hydrogens (tertiary/aromatic N) is 1. The number of rotatable bonds is 7. The van der Waals surface area contributed by atoms with Gasteiger partial charge >= 0.3 is 11.7 Å². The second-order valence-corrected chi connectivity index (χ2v) is 5.57. The van der Waals surface area contributed by atoms with E-state index in [1.54, 1.807) is 37.3 Å². The van der Waals surface area contributed by atoms with Crippen molar-refractivity contribution in [1.82, 2.24) is 0 Å². The molecule has 1 atom stereocenters. The zero-order chi connectivity index (χ0) is 20.0. The molecular weight excluding hydrogens is 356 g/mol. The van der Waals surface area contributed by atoms with Crippen LogP contribution >= 0.6 is 0 Å². The molecule has 27 heavy (non-hydrogen) atoms. The summed E-state index contributed by atoms with van der Waals surface area (Å²) in [6.45, 7) is 0.953. The number of aliphatic hydroxyl groups is 1. The largest absolute Gasteiger partial charge is 0.490 e. The molecule has 1 amide bonds. The van der Waals surface area contributed by atoms with E-state index in [0.717, 1.165) is 0 Å². The van der Waals surface area contributed by atoms with Gasteiger partial charge in [-0.1, -0.05) is 30.3 Å². The summed E-state index contributed by atoms with van der Waals surface area (Å²) in [4.78, 5) is 34.2. The predicted molar refractivity (Wildman–Crippen MR) is 95.4 cm³/mol. The molecule has 0 aliphatic carbocycles. The van der Waals surface area contributed by atoms with Gasteiger partial charge < -0.3 is 19.9 Å². The molecular formula is C18H18N2O7. The van der Waals surface area contributed by atoms with E-state index in [0.29, 0.717) is 11.1 Å². The van der Waals surface area contributed by atoms with Crippen molar-refractivity contribution in [3.8, 4) is 5.75 Å². The number of amides is 1. The van der Waals surface area contributed by atoms with Gasteiger partial charge in [0.25, 0.3) is 5.91 Å². The van der Waals surface area contributed by atoms with Gasteiger partial charge in [0.1, 0.15) is 0 Å². The van der Waals surface area contributed by atoms with Crippen molar-refractivity contribution in [3.63, 3.8) is 0 Å². The van der Waals surface area contributed by atoms with Crippen LogP contribution < -0.4 is 10.1 Å². The Kier molecular flexibility index (Phi) is 6.45. The number of benzene rings is 2. The number of methoxy groups -OCH3 is 1. The summed E-state index contributed by atoms with van der Waals surface area (Å²) in [6, 6.07) is 10.7. The first-order valence-electron chi connectivity index (χ1n) is 7.86. The Hall–Kier alpha value is -3.46. The summed E-state index contributed by atoms with van der Waals surface area (Å²) in [6.07, 6.45) is -1.50. The molecule has 0 saturated carbocycles. The maximum absolute atomic E-state index is 12.0. The van der Waals surface area contributed by atoms with Gasteiger partial charge in [-0.3, -0.25) is 14.9 Å². The van der Waals surface area contributed by atoms with Crippen LogP contribution in [0.4, 0.5) is 11.4 Å². The van der Waals surface area contributed by atoms with Crippen molar-refractivity contribution in [3.05, 3.63) is 63.7 Å². The third-order valence-electron chi connectivity index (χ3n) is 3.68. The highest BCUT2D eigenvalue weighted by Crippen LogP contribution is 2.32. The Morgan fingerprint density at radius 3 is 2.52 bits per heavy atom. The van der Waals surface area contributed by atoms with E-state index in [1.165, 1.54) is 19.2 Å². The minimum atomic E-state index is -1.50. The van der Waals surface area contributed by atoms with Crippen LogP contribution in [0.15, 0.2) is 42.5 Å². The van der Waals surface area contributed by atoms with Crippen LogP contribution in [-0.2, 0) is 14.3 Å². The molecule has 2 aromatic carbocycles. The van der Waals surface area contributed by atoms with E-state index in [9.17, 15) is 24.8 Å². The second kappa shape index (κ2) is 8.77. The third-order valence-corrected chi connectivity index (χ3v) is 3.68. The summed E-state index contributed by atoms with van der Waals surface area (Å²) >= 11 is 0. The SMILES string of the molecule is COc1cc(NC(=O)COC(=O)[C@H](O)c2ccccc2)c(C)cc1[N+](=O)[O-]. The Balaban J connectivity index is 1.99. The summed E-state index contributed by atoms with van der Waals surface area (Å²) in [5, 5.41) is 23.4. The molecule has 0 radical (unpaired) electrons. The zero-order valence-electron chi connectivity index (χ0n) is 14.7. The van der Waals surface area contributed by atoms with Gasteiger partial charge in [0.05, 0.1) is 12.0 Å². The average Bonchev–Trinajstić information content (AvgIpc) is 2.67. The zero-order valence-corrected chi connectivity index (χ0v) is 14.7. The number of nitro groups is 1. The Morgan fingerprint density at radius 2 is 1.93 bits per heavy atom. The Labute approximate surface area is 154 Å². The van der Waals surface area contributed by atoms with Crippen molar-refractivity contribution in [2.45, 2.75) is 13.0 Å². The quantitative estimate of drug-likeness (QED) is 0.431. The van der Waals surface area contributed by atoms with Gasteiger partial charge in [0, 0.05) is 17.8 Å². The molecule has 0 aliphatic rings. The maximum atomic E-state index is 12.0. The normalized spacial score (nSPS) is 11.4. The molecule has 2 aromatic rings. The Bertz CT molecular complexity index is 852. The van der Waals surface area contributed by atoms with E-state index in [2.05, 4.69) is 5.32 Å². The molecule has 2 N–H and O–H groups in total. The molecule has 0 saturated heterocycles. The number of nitrogens with one attached hydrogen (secondary N) is 1. The van der Waals surface area contributed by atoms with Crippen LogP contribution in [0.5, 0.6) is 5.75 Å². The number of carbonyl (C=O) groups is 2. The van der Waals surface area contributed by atoms with Crippen LogP contribution in [0.2, 0.25) is 0 Å². The lowest BCUT2D eigenvalue weighted by atomic mass is 10.1. The van der Waals surface area contributed by atoms with E-state index in [1.807, 2.05) is 0 Å². The first-order chi connectivity index (χ1) is 12.8. The number of esters is 1. The van der Waals surface area contributed by atoms with Crippen LogP contribution in [0.1, 0.15) is 17.2 Å². The molecule has 0 heterocycles. The smallest absolute Gasteiger partial charge is 0.340 e. The summed E-state index contributed by atoms with van der Waals surface area (Å²) in [5.74, 6) is -1.64. The number of aliphatic hydroxyl groups excluding tert-OH is 1. The van der Waals surface area contributed by atoms with Gasteiger partial charge in [-0.15, -0.1) is 0 Å². The molecule has 9 nitrogen and oxygen atoms in total. The van der Waals surface area contributed by atoms with Gasteiger partial charge in [-0.05, 0) is 18.1 Å². The summed E-state index contributed by atoms with van der Waals surface area (Å²) < 4.78 is 9.76. The number of anilines is 1. The number of nitro benzene ring substituents is 1. The molecule has 0 bridgehead atoms. The molecule has 0 aliphatic heterocycles. The lowest BCUT2D eigenvalue weighted by Gasteiger charge is -2.13. The van der Waals surface area contributed by atoms with Gasteiger partial charge in [0.15, 0.2) is 18.5 Å². The van der Waals surface area contributed by atoms with Crippen molar-refractivity contribution < 1.29 is 29.1 Å². The molecule has 9 heteroatoms. The summed E-state index contributed by atoms with van der Waals surface area (Å²) in [7, 11) is 1.27. The third kappa shape index (κ3) is 5.02.